The monoisotopic (exact) mass is 283 g/mol. The highest BCUT2D eigenvalue weighted by atomic mass is 127. The number of nitrogens with zero attached hydrogens (tertiary/aromatic N) is 1. The lowest BCUT2D eigenvalue weighted by Gasteiger charge is -2.20. The largest absolute Gasteiger partial charge is 0.379 e. The molecule has 0 aromatic carbocycles. The summed E-state index contributed by atoms with van der Waals surface area (Å²) in [6, 6.07) is 0. The molecule has 1 aliphatic heterocycles. The van der Waals surface area contributed by atoms with E-state index in [1.807, 2.05) is 3.11 Å². The summed E-state index contributed by atoms with van der Waals surface area (Å²) in [7, 11) is -2.33. The molecule has 0 aliphatic carbocycles. The van der Waals surface area contributed by atoms with Gasteiger partial charge in [-0.1, -0.05) is 0 Å². The van der Waals surface area contributed by atoms with Crippen LogP contribution in [0.1, 0.15) is 0 Å². The second-order valence-electron chi connectivity index (χ2n) is 1.77. The van der Waals surface area contributed by atoms with Crippen LogP contribution in [0.25, 0.3) is 0 Å². The van der Waals surface area contributed by atoms with Crippen molar-refractivity contribution < 1.29 is 12.5 Å². The van der Waals surface area contributed by atoms with Gasteiger partial charge in [-0.15, -0.1) is 7.77 Å². The Morgan fingerprint density at radius 1 is 1.30 bits per heavy atom. The Morgan fingerprint density at radius 3 is 2.40 bits per heavy atom. The van der Waals surface area contributed by atoms with Gasteiger partial charge in [-0.05, 0) is 0 Å². The fourth-order valence-electron chi connectivity index (χ4n) is 0.684. The molecular weight excluding hydrogens is 275 g/mol. The van der Waals surface area contributed by atoms with Gasteiger partial charge in [-0.25, -0.2) is 3.11 Å². The van der Waals surface area contributed by atoms with E-state index in [2.05, 4.69) is 0 Å². The van der Waals surface area contributed by atoms with Gasteiger partial charge in [0.15, 0.2) is 0 Å². The Hall–Kier alpha value is 0.860. The van der Waals surface area contributed by atoms with Crippen molar-refractivity contribution in [1.29, 1.82) is 0 Å². The normalized spacial score (nSPS) is 21.9. The summed E-state index contributed by atoms with van der Waals surface area (Å²) in [5.74, 6) is 0. The van der Waals surface area contributed by atoms with E-state index in [4.69, 9.17) is 4.74 Å². The minimum Gasteiger partial charge on any atom is -0.379 e. The molecular formula is C4H8F2INOS. The van der Waals surface area contributed by atoms with Crippen LogP contribution < -0.4 is 0 Å². The maximum atomic E-state index is 11.8. The lowest BCUT2D eigenvalue weighted by molar-refractivity contribution is 0.0836. The molecule has 1 rings (SSSR count). The minimum absolute atomic E-state index is 0.622. The van der Waals surface area contributed by atoms with Gasteiger partial charge in [-0.2, -0.15) is 0 Å². The third-order valence-electron chi connectivity index (χ3n) is 1.11. The molecule has 1 saturated heterocycles. The molecule has 62 valence electrons. The van der Waals surface area contributed by atoms with E-state index in [0.717, 1.165) is 0 Å². The topological polar surface area (TPSA) is 12.5 Å². The fraction of sp³-hybridized carbons (Fsp3) is 1.00. The Kier molecular flexibility index (Phi) is 4.19. The number of ether oxygens (including phenoxy) is 1. The zero-order valence-electron chi connectivity index (χ0n) is 5.23. The molecule has 6 heteroatoms. The van der Waals surface area contributed by atoms with E-state index < -0.39 is 27.8 Å². The second-order valence-corrected chi connectivity index (χ2v) is 6.80. The number of halogens is 3. The Labute approximate surface area is 69.8 Å². The molecule has 0 saturated carbocycles. The van der Waals surface area contributed by atoms with Crippen LogP contribution in [0.5, 0.6) is 0 Å². The van der Waals surface area contributed by atoms with Crippen molar-refractivity contribution in [3.63, 3.8) is 0 Å². The summed E-state index contributed by atoms with van der Waals surface area (Å²) in [5, 5.41) is 0. The van der Waals surface area contributed by atoms with Gasteiger partial charge in [0, 0.05) is 13.1 Å². The van der Waals surface area contributed by atoms with E-state index in [1.54, 1.807) is 0 Å². The SMILES string of the molecule is FS(F)=IN1CCOCC1. The molecule has 0 unspecified atom stereocenters. The van der Waals surface area contributed by atoms with Crippen LogP contribution in [-0.4, -0.2) is 29.4 Å². The highest BCUT2D eigenvalue weighted by Gasteiger charge is 2.08. The van der Waals surface area contributed by atoms with Crippen molar-refractivity contribution in [2.24, 2.45) is 0 Å². The van der Waals surface area contributed by atoms with Gasteiger partial charge in [-0.3, -0.25) is 0 Å². The molecule has 2 nitrogen and oxygen atoms in total. The average Bonchev–Trinajstić information content (AvgIpc) is 1.88. The molecule has 0 radical (unpaired) electrons. The predicted molar refractivity (Wildman–Crippen MR) is 46.2 cm³/mol. The minimum atomic E-state index is -2.33. The van der Waals surface area contributed by atoms with Crippen LogP contribution >= 0.6 is 27.8 Å². The quantitative estimate of drug-likeness (QED) is 0.540. The lowest BCUT2D eigenvalue weighted by Crippen LogP contribution is -2.28. The van der Waals surface area contributed by atoms with Gasteiger partial charge in [0.1, 0.15) is 0 Å². The lowest BCUT2D eigenvalue weighted by atomic mass is 10.5. The van der Waals surface area contributed by atoms with Crippen molar-refractivity contribution in [1.82, 2.24) is 3.11 Å². The van der Waals surface area contributed by atoms with Crippen molar-refractivity contribution in [3.8, 4) is 0 Å². The van der Waals surface area contributed by atoms with Gasteiger partial charge < -0.3 is 4.74 Å². The third-order valence-corrected chi connectivity index (χ3v) is 4.94. The molecule has 1 heterocycles. The standard InChI is InChI=1S/C4H8F2INOS/c5-10(6)7-8-1-3-9-4-2-8/h1-4H2. The first-order chi connectivity index (χ1) is 4.79. The van der Waals surface area contributed by atoms with Gasteiger partial charge in [0.05, 0.1) is 32.7 Å². The molecule has 0 amide bonds. The van der Waals surface area contributed by atoms with E-state index in [9.17, 15) is 7.77 Å². The highest BCUT2D eigenvalue weighted by Crippen LogP contribution is 2.32. The van der Waals surface area contributed by atoms with Gasteiger partial charge in [0.25, 0.3) is 0 Å². The Balaban J connectivity index is 2.33. The Bertz CT molecular complexity index is 135. The van der Waals surface area contributed by atoms with Crippen molar-refractivity contribution in [2.45, 2.75) is 0 Å². The summed E-state index contributed by atoms with van der Waals surface area (Å²) in [6.45, 7) is 2.64. The number of hydrogen-bond acceptors (Lipinski definition) is 1. The van der Waals surface area contributed by atoms with Crippen molar-refractivity contribution in [2.75, 3.05) is 26.3 Å². The maximum Gasteiger partial charge on any atom is 0.210 e. The molecule has 1 aliphatic rings. The summed E-state index contributed by atoms with van der Waals surface area (Å²) in [4.78, 5) is 0. The summed E-state index contributed by atoms with van der Waals surface area (Å²) < 4.78 is 30.5. The number of morpholine rings is 1. The second kappa shape index (κ2) is 4.68. The van der Waals surface area contributed by atoms with Crippen molar-refractivity contribution in [3.05, 3.63) is 0 Å². The smallest absolute Gasteiger partial charge is 0.210 e. The molecule has 0 N–H and O–H groups in total. The van der Waals surface area contributed by atoms with E-state index >= 15 is 0 Å². The summed E-state index contributed by atoms with van der Waals surface area (Å²) >= 11 is -1.01. The van der Waals surface area contributed by atoms with Crippen molar-refractivity contribution >= 4 is 27.8 Å². The molecule has 0 bridgehead atoms. The van der Waals surface area contributed by atoms with Crippen LogP contribution in [0.2, 0.25) is 0 Å². The molecule has 1 fully saturated rings. The predicted octanol–water partition coefficient (Wildman–Crippen LogP) is 2.16. The average molecular weight is 283 g/mol. The molecule has 0 aromatic rings. The first-order valence-corrected chi connectivity index (χ1v) is 7.37. The first-order valence-electron chi connectivity index (χ1n) is 2.84. The third kappa shape index (κ3) is 3.31. The van der Waals surface area contributed by atoms with Crippen LogP contribution in [0.15, 0.2) is 0 Å². The van der Waals surface area contributed by atoms with Crippen LogP contribution in [0.3, 0.4) is 0 Å². The summed E-state index contributed by atoms with van der Waals surface area (Å²) in [6.07, 6.45) is 0. The van der Waals surface area contributed by atoms with Crippen LogP contribution in [0.4, 0.5) is 7.77 Å². The van der Waals surface area contributed by atoms with Crippen LogP contribution in [-0.2, 0) is 4.74 Å². The Morgan fingerprint density at radius 2 is 1.90 bits per heavy atom. The highest BCUT2D eigenvalue weighted by molar-refractivity contribution is 14.2. The van der Waals surface area contributed by atoms with E-state index in [0.29, 0.717) is 26.3 Å². The molecule has 0 spiro atoms. The van der Waals surface area contributed by atoms with Crippen LogP contribution in [0, 0.1) is 0 Å². The molecule has 0 atom stereocenters. The number of hydrogen-bond donors (Lipinski definition) is 0. The van der Waals surface area contributed by atoms with Gasteiger partial charge in [0.2, 0.25) is 8.32 Å². The fourth-order valence-corrected chi connectivity index (χ4v) is 3.81. The zero-order chi connectivity index (χ0) is 7.40. The summed E-state index contributed by atoms with van der Waals surface area (Å²) in [5.41, 5.74) is 0. The van der Waals surface area contributed by atoms with E-state index in [-0.39, 0.29) is 0 Å². The van der Waals surface area contributed by atoms with Gasteiger partial charge >= 0.3 is 0 Å². The first kappa shape index (κ1) is 8.95. The molecule has 10 heavy (non-hydrogen) atoms. The molecule has 0 aromatic heterocycles. The maximum absolute atomic E-state index is 11.8. The van der Waals surface area contributed by atoms with E-state index in [1.165, 1.54) is 0 Å². The zero-order valence-corrected chi connectivity index (χ0v) is 8.20. The number of rotatable bonds is 1.